The minimum absolute atomic E-state index is 0.706. The number of rotatable bonds is 7. The van der Waals surface area contributed by atoms with Gasteiger partial charge in [-0.05, 0) is 198 Å². The van der Waals surface area contributed by atoms with Crippen LogP contribution in [0.5, 0.6) is 0 Å². The molecule has 8 aliphatic rings. The van der Waals surface area contributed by atoms with Crippen LogP contribution in [0.15, 0.2) is 48.6 Å². The minimum atomic E-state index is 0.706. The van der Waals surface area contributed by atoms with Crippen LogP contribution in [0.25, 0.3) is 5.57 Å². The normalized spacial score (nSPS) is 43.1. The highest BCUT2D eigenvalue weighted by molar-refractivity contribution is 5.65. The molecule has 0 aromatic heterocycles. The van der Waals surface area contributed by atoms with Crippen molar-refractivity contribution in [1.29, 1.82) is 0 Å². The van der Waals surface area contributed by atoms with E-state index in [0.717, 1.165) is 77.3 Å². The summed E-state index contributed by atoms with van der Waals surface area (Å²) >= 11 is 0. The molecule has 0 saturated heterocycles. The van der Waals surface area contributed by atoms with E-state index in [-0.39, 0.29) is 0 Å². The molecule has 0 heterocycles. The monoisotopic (exact) mass is 704 g/mol. The molecule has 1 aromatic rings. The molecule has 0 N–H and O–H groups in total. The maximum absolute atomic E-state index is 4.57. The van der Waals surface area contributed by atoms with Gasteiger partial charge in [-0.3, -0.25) is 4.90 Å². The fourth-order valence-electron chi connectivity index (χ4n) is 15.8. The first-order valence-electron chi connectivity index (χ1n) is 23.8. The van der Waals surface area contributed by atoms with E-state index in [0.29, 0.717) is 5.92 Å². The van der Waals surface area contributed by atoms with Crippen LogP contribution in [-0.2, 0) is 0 Å². The third-order valence-electron chi connectivity index (χ3n) is 18.3. The molecular weight excluding hydrogens is 627 g/mol. The van der Waals surface area contributed by atoms with Crippen molar-refractivity contribution in [1.82, 2.24) is 4.90 Å². The van der Waals surface area contributed by atoms with Crippen molar-refractivity contribution in [3.8, 4) is 0 Å². The number of allylic oxidation sites excluding steroid dienone is 3. The fourth-order valence-corrected chi connectivity index (χ4v) is 15.8. The molecule has 0 radical (unpaired) electrons. The molecule has 0 bridgehead atoms. The predicted octanol–water partition coefficient (Wildman–Crippen LogP) is 14.1. The molecule has 7 saturated carbocycles. The summed E-state index contributed by atoms with van der Waals surface area (Å²) in [7, 11) is 0. The highest BCUT2D eigenvalue weighted by atomic mass is 15.2. The standard InChI is InChI=1S/C51H77N/c1-35-12-11-19-48-46-17-9-10-18-47(46)50-34-42(28-33-49(50)51(35)48)41-26-31-45(32-27-41)52(43-15-7-4-8-16-43)44-29-24-40(25-30-44)39-22-20-38(21-23-39)36(2)37-13-5-3-6-14-37/h3,5-6,13-14,34-35,38-41,43-51H,2,4,7-12,15-33H2,1H3. The maximum Gasteiger partial charge on any atom is 0.0102 e. The van der Waals surface area contributed by atoms with E-state index >= 15 is 0 Å². The first-order chi connectivity index (χ1) is 25.6. The second-order valence-electron chi connectivity index (χ2n) is 20.6. The van der Waals surface area contributed by atoms with Gasteiger partial charge in [-0.25, -0.2) is 0 Å². The van der Waals surface area contributed by atoms with Gasteiger partial charge in [-0.15, -0.1) is 0 Å². The van der Waals surface area contributed by atoms with Crippen LogP contribution in [0.1, 0.15) is 179 Å². The summed E-state index contributed by atoms with van der Waals surface area (Å²) in [6, 6.07) is 13.7. The van der Waals surface area contributed by atoms with Crippen LogP contribution in [0.3, 0.4) is 0 Å². The molecule has 7 unspecified atom stereocenters. The van der Waals surface area contributed by atoms with Gasteiger partial charge in [0.15, 0.2) is 0 Å². The van der Waals surface area contributed by atoms with E-state index in [9.17, 15) is 0 Å². The van der Waals surface area contributed by atoms with Gasteiger partial charge >= 0.3 is 0 Å². The molecular formula is C51H77N. The molecule has 52 heavy (non-hydrogen) atoms. The molecule has 0 aliphatic heterocycles. The van der Waals surface area contributed by atoms with Gasteiger partial charge in [-0.2, -0.15) is 0 Å². The largest absolute Gasteiger partial charge is 0.294 e. The van der Waals surface area contributed by atoms with E-state index < -0.39 is 0 Å². The number of hydrogen-bond donors (Lipinski definition) is 0. The van der Waals surface area contributed by atoms with Gasteiger partial charge in [0, 0.05) is 18.1 Å². The summed E-state index contributed by atoms with van der Waals surface area (Å²) in [6.07, 6.45) is 41.9. The lowest BCUT2D eigenvalue weighted by atomic mass is 9.47. The van der Waals surface area contributed by atoms with Crippen molar-refractivity contribution in [2.75, 3.05) is 0 Å². The van der Waals surface area contributed by atoms with Gasteiger partial charge in [0.05, 0.1) is 0 Å². The topological polar surface area (TPSA) is 3.24 Å². The van der Waals surface area contributed by atoms with Crippen molar-refractivity contribution < 1.29 is 0 Å². The number of fused-ring (bicyclic) bond motifs is 6. The summed E-state index contributed by atoms with van der Waals surface area (Å²) in [5.74, 6) is 10.8. The summed E-state index contributed by atoms with van der Waals surface area (Å²) in [5, 5.41) is 0. The number of nitrogens with zero attached hydrogens (tertiary/aromatic N) is 1. The maximum atomic E-state index is 4.57. The van der Waals surface area contributed by atoms with Gasteiger partial charge in [0.2, 0.25) is 0 Å². The third kappa shape index (κ3) is 7.35. The van der Waals surface area contributed by atoms with Gasteiger partial charge in [-0.1, -0.05) is 100 Å². The van der Waals surface area contributed by atoms with Gasteiger partial charge in [0.1, 0.15) is 0 Å². The molecule has 0 spiro atoms. The van der Waals surface area contributed by atoms with Crippen molar-refractivity contribution in [3.63, 3.8) is 0 Å². The third-order valence-corrected chi connectivity index (χ3v) is 18.3. The van der Waals surface area contributed by atoms with Crippen LogP contribution < -0.4 is 0 Å². The van der Waals surface area contributed by atoms with Crippen molar-refractivity contribution in [2.24, 2.45) is 65.1 Å². The predicted molar refractivity (Wildman–Crippen MR) is 221 cm³/mol. The van der Waals surface area contributed by atoms with Crippen molar-refractivity contribution in [2.45, 2.75) is 192 Å². The molecule has 7 fully saturated rings. The lowest BCUT2D eigenvalue weighted by Gasteiger charge is -2.58. The van der Waals surface area contributed by atoms with E-state index in [1.807, 2.05) is 5.57 Å². The lowest BCUT2D eigenvalue weighted by molar-refractivity contribution is -0.0737. The lowest BCUT2D eigenvalue weighted by Crippen LogP contribution is -2.53. The Labute approximate surface area is 320 Å². The second-order valence-corrected chi connectivity index (χ2v) is 20.6. The summed E-state index contributed by atoms with van der Waals surface area (Å²) in [6.45, 7) is 7.24. The Morgan fingerprint density at radius 3 is 1.85 bits per heavy atom. The van der Waals surface area contributed by atoms with E-state index in [2.05, 4.69) is 54.8 Å². The average Bonchev–Trinajstić information content (AvgIpc) is 3.22. The van der Waals surface area contributed by atoms with E-state index in [1.165, 1.54) is 152 Å². The van der Waals surface area contributed by atoms with Crippen LogP contribution in [-0.4, -0.2) is 23.0 Å². The summed E-state index contributed by atoms with van der Waals surface area (Å²) in [4.78, 5) is 3.26. The molecule has 286 valence electrons. The highest BCUT2D eigenvalue weighted by Crippen LogP contribution is 2.61. The Hall–Kier alpha value is -1.34. The first-order valence-corrected chi connectivity index (χ1v) is 23.8. The fraction of sp³-hybridized carbons (Fsp3) is 0.804. The van der Waals surface area contributed by atoms with Gasteiger partial charge < -0.3 is 0 Å². The van der Waals surface area contributed by atoms with E-state index in [4.69, 9.17) is 0 Å². The minimum Gasteiger partial charge on any atom is -0.294 e. The number of benzene rings is 1. The molecule has 1 aromatic carbocycles. The van der Waals surface area contributed by atoms with Crippen LogP contribution >= 0.6 is 0 Å². The zero-order chi connectivity index (χ0) is 35.0. The molecule has 0 amide bonds. The van der Waals surface area contributed by atoms with Crippen LogP contribution in [0, 0.1) is 65.1 Å². The van der Waals surface area contributed by atoms with Gasteiger partial charge in [0.25, 0.3) is 0 Å². The van der Waals surface area contributed by atoms with E-state index in [1.54, 1.807) is 25.7 Å². The average molecular weight is 704 g/mol. The SMILES string of the molecule is C=C(c1ccccc1)C1CCC(C2CCC(N(C3CCCCC3)C3CCC(C4=CC5C6CCCCC6C6CCCC(C)C6C5CC4)CC3)CC2)CC1. The molecule has 7 atom stereocenters. The first kappa shape index (κ1) is 36.3. The Bertz CT molecular complexity index is 1330. The molecule has 1 heteroatoms. The van der Waals surface area contributed by atoms with Crippen molar-refractivity contribution in [3.05, 3.63) is 54.1 Å². The Balaban J connectivity index is 0.819. The van der Waals surface area contributed by atoms with Crippen molar-refractivity contribution >= 4 is 5.57 Å². The zero-order valence-electron chi connectivity index (χ0n) is 33.6. The van der Waals surface area contributed by atoms with Crippen LogP contribution in [0.4, 0.5) is 0 Å². The summed E-state index contributed by atoms with van der Waals surface area (Å²) < 4.78 is 0. The quantitative estimate of drug-likeness (QED) is 0.256. The molecule has 1 nitrogen and oxygen atoms in total. The Kier molecular flexibility index (Phi) is 11.5. The summed E-state index contributed by atoms with van der Waals surface area (Å²) in [5.41, 5.74) is 4.75. The Morgan fingerprint density at radius 2 is 1.13 bits per heavy atom. The Morgan fingerprint density at radius 1 is 0.538 bits per heavy atom. The molecule has 8 aliphatic carbocycles. The van der Waals surface area contributed by atoms with Crippen LogP contribution in [0.2, 0.25) is 0 Å². The molecule has 9 rings (SSSR count). The highest BCUT2D eigenvalue weighted by Gasteiger charge is 2.53. The zero-order valence-corrected chi connectivity index (χ0v) is 33.6. The second kappa shape index (κ2) is 16.4. The number of hydrogen-bond acceptors (Lipinski definition) is 1. The smallest absolute Gasteiger partial charge is 0.0102 e.